The molecular formula is C37H75N2O6P. The van der Waals surface area contributed by atoms with Crippen LogP contribution in [0.15, 0.2) is 12.2 Å². The lowest BCUT2D eigenvalue weighted by atomic mass is 10.0. The van der Waals surface area contributed by atoms with Crippen molar-refractivity contribution in [2.24, 2.45) is 0 Å². The Morgan fingerprint density at radius 1 is 0.739 bits per heavy atom. The topological polar surface area (TPSA) is 108 Å². The number of amides is 1. The third-order valence-electron chi connectivity index (χ3n) is 8.50. The molecule has 0 spiro atoms. The van der Waals surface area contributed by atoms with Gasteiger partial charge in [-0.1, -0.05) is 142 Å². The molecule has 46 heavy (non-hydrogen) atoms. The van der Waals surface area contributed by atoms with Crippen LogP contribution in [0.4, 0.5) is 0 Å². The normalized spacial score (nSPS) is 14.8. The number of quaternary nitrogens is 1. The van der Waals surface area contributed by atoms with E-state index in [0.29, 0.717) is 30.3 Å². The molecule has 3 atom stereocenters. The third-order valence-corrected chi connectivity index (χ3v) is 9.47. The van der Waals surface area contributed by atoms with Crippen LogP contribution in [0.25, 0.3) is 0 Å². The van der Waals surface area contributed by atoms with Gasteiger partial charge >= 0.3 is 0 Å². The number of rotatable bonds is 34. The number of unbranched alkanes of at least 4 members (excludes halogenated alkanes) is 19. The SMILES string of the molecule is CCCCCC/C=C\CCCC(=O)NC(COP(=O)([O-])OCC[N+](C)(C)C)C(O)CCCCCCCCCCCCCCCCC. The molecule has 3 unspecified atom stereocenters. The summed E-state index contributed by atoms with van der Waals surface area (Å²) in [4.78, 5) is 25.1. The van der Waals surface area contributed by atoms with E-state index in [-0.39, 0.29) is 19.1 Å². The number of allylic oxidation sites excluding steroid dienone is 2. The minimum absolute atomic E-state index is 0.00903. The lowest BCUT2D eigenvalue weighted by molar-refractivity contribution is -0.870. The van der Waals surface area contributed by atoms with Gasteiger partial charge in [-0.3, -0.25) is 9.36 Å². The van der Waals surface area contributed by atoms with Crippen molar-refractivity contribution in [1.29, 1.82) is 0 Å². The minimum Gasteiger partial charge on any atom is -0.756 e. The molecule has 0 aliphatic rings. The van der Waals surface area contributed by atoms with Gasteiger partial charge in [-0.05, 0) is 32.1 Å². The molecule has 0 bridgehead atoms. The molecule has 0 aliphatic carbocycles. The van der Waals surface area contributed by atoms with Crippen LogP contribution < -0.4 is 10.2 Å². The largest absolute Gasteiger partial charge is 0.756 e. The number of hydrogen-bond donors (Lipinski definition) is 2. The molecular weight excluding hydrogens is 599 g/mol. The molecule has 0 aromatic rings. The van der Waals surface area contributed by atoms with E-state index in [1.165, 1.54) is 103 Å². The highest BCUT2D eigenvalue weighted by Gasteiger charge is 2.24. The van der Waals surface area contributed by atoms with E-state index >= 15 is 0 Å². The van der Waals surface area contributed by atoms with Gasteiger partial charge in [0.05, 0.1) is 39.9 Å². The number of likely N-dealkylation sites (N-methyl/N-ethyl adjacent to an activating group) is 1. The number of hydrogen-bond acceptors (Lipinski definition) is 6. The van der Waals surface area contributed by atoms with Gasteiger partial charge in [-0.15, -0.1) is 0 Å². The van der Waals surface area contributed by atoms with Gasteiger partial charge in [-0.2, -0.15) is 0 Å². The summed E-state index contributed by atoms with van der Waals surface area (Å²) in [5.41, 5.74) is 0. The highest BCUT2D eigenvalue weighted by atomic mass is 31.2. The van der Waals surface area contributed by atoms with Crippen molar-refractivity contribution >= 4 is 13.7 Å². The van der Waals surface area contributed by atoms with Crippen molar-refractivity contribution in [3.63, 3.8) is 0 Å². The van der Waals surface area contributed by atoms with Crippen LogP contribution in [0.2, 0.25) is 0 Å². The number of aliphatic hydroxyl groups excluding tert-OH is 1. The highest BCUT2D eigenvalue weighted by Crippen LogP contribution is 2.38. The Morgan fingerprint density at radius 2 is 1.20 bits per heavy atom. The van der Waals surface area contributed by atoms with Crippen LogP contribution in [0.5, 0.6) is 0 Å². The van der Waals surface area contributed by atoms with Gasteiger partial charge in [-0.25, -0.2) is 0 Å². The van der Waals surface area contributed by atoms with Crippen molar-refractivity contribution in [2.45, 2.75) is 180 Å². The van der Waals surface area contributed by atoms with Crippen LogP contribution in [-0.4, -0.2) is 68.5 Å². The fourth-order valence-electron chi connectivity index (χ4n) is 5.39. The van der Waals surface area contributed by atoms with Crippen LogP contribution in [0.3, 0.4) is 0 Å². The number of nitrogens with one attached hydrogen (secondary N) is 1. The Hall–Kier alpha value is -0.760. The van der Waals surface area contributed by atoms with Crippen LogP contribution in [-0.2, 0) is 18.4 Å². The summed E-state index contributed by atoms with van der Waals surface area (Å²) < 4.78 is 23.1. The first-order chi connectivity index (χ1) is 22.0. The monoisotopic (exact) mass is 675 g/mol. The Labute approximate surface area is 284 Å². The van der Waals surface area contributed by atoms with E-state index in [1.807, 2.05) is 21.1 Å². The number of carbonyl (C=O) groups is 1. The van der Waals surface area contributed by atoms with Gasteiger partial charge in [0.1, 0.15) is 13.2 Å². The molecule has 0 rings (SSSR count). The Kier molecular flexibility index (Phi) is 29.8. The second kappa shape index (κ2) is 30.3. The molecule has 1 amide bonds. The second-order valence-electron chi connectivity index (χ2n) is 14.3. The molecule has 0 heterocycles. The van der Waals surface area contributed by atoms with Crippen molar-refractivity contribution in [1.82, 2.24) is 5.32 Å². The molecule has 9 heteroatoms. The molecule has 2 N–H and O–H groups in total. The third kappa shape index (κ3) is 31.8. The maximum absolute atomic E-state index is 12.7. The van der Waals surface area contributed by atoms with Crippen molar-refractivity contribution in [3.8, 4) is 0 Å². The number of nitrogens with zero attached hydrogens (tertiary/aromatic N) is 1. The van der Waals surface area contributed by atoms with Crippen LogP contribution >= 0.6 is 7.82 Å². The molecule has 0 saturated heterocycles. The average molecular weight is 675 g/mol. The summed E-state index contributed by atoms with van der Waals surface area (Å²) >= 11 is 0. The molecule has 8 nitrogen and oxygen atoms in total. The Morgan fingerprint density at radius 3 is 1.70 bits per heavy atom. The summed E-state index contributed by atoms with van der Waals surface area (Å²) in [5, 5.41) is 13.8. The fraction of sp³-hybridized carbons (Fsp3) is 0.919. The Bertz CT molecular complexity index is 773. The van der Waals surface area contributed by atoms with Gasteiger partial charge in [0.15, 0.2) is 0 Å². The number of phosphoric ester groups is 1. The fourth-order valence-corrected chi connectivity index (χ4v) is 6.12. The van der Waals surface area contributed by atoms with E-state index < -0.39 is 20.0 Å². The average Bonchev–Trinajstić information content (AvgIpc) is 2.99. The second-order valence-corrected chi connectivity index (χ2v) is 15.7. The van der Waals surface area contributed by atoms with Gasteiger partial charge in [0.2, 0.25) is 5.91 Å². The van der Waals surface area contributed by atoms with Crippen LogP contribution in [0, 0.1) is 0 Å². The predicted octanol–water partition coefficient (Wildman–Crippen LogP) is 9.00. The standard InChI is InChI=1S/C37H75N2O6P/c1-6-8-10-12-14-16-17-18-19-20-21-23-24-26-28-30-36(40)35(34-45-46(42,43)44-33-32-39(3,4)5)38-37(41)31-29-27-25-22-15-13-11-9-7-2/h22,25,35-36,40H,6-21,23-24,26-34H2,1-5H3,(H-,38,41,42,43)/b25-22-. The van der Waals surface area contributed by atoms with E-state index in [4.69, 9.17) is 9.05 Å². The Balaban J connectivity index is 4.45. The smallest absolute Gasteiger partial charge is 0.268 e. The minimum atomic E-state index is -4.55. The number of phosphoric acid groups is 1. The van der Waals surface area contributed by atoms with Crippen LogP contribution in [0.1, 0.15) is 168 Å². The van der Waals surface area contributed by atoms with Gasteiger partial charge in [0, 0.05) is 6.42 Å². The summed E-state index contributed by atoms with van der Waals surface area (Å²) in [7, 11) is 1.29. The summed E-state index contributed by atoms with van der Waals surface area (Å²) in [6.07, 6.45) is 30.8. The number of aliphatic hydroxyl groups is 1. The first kappa shape index (κ1) is 45.2. The summed E-state index contributed by atoms with van der Waals surface area (Å²) in [5.74, 6) is -0.202. The first-order valence-corrected chi connectivity index (χ1v) is 20.5. The first-order valence-electron chi connectivity index (χ1n) is 19.0. The van der Waals surface area contributed by atoms with Crippen molar-refractivity contribution < 1.29 is 32.9 Å². The quantitative estimate of drug-likeness (QED) is 0.0305. The van der Waals surface area contributed by atoms with Gasteiger partial charge in [0.25, 0.3) is 7.82 Å². The van der Waals surface area contributed by atoms with E-state index in [1.54, 1.807) is 0 Å². The van der Waals surface area contributed by atoms with E-state index in [2.05, 4.69) is 31.3 Å². The van der Waals surface area contributed by atoms with Gasteiger partial charge < -0.3 is 28.8 Å². The number of carbonyl (C=O) groups excluding carboxylic acids is 1. The molecule has 0 saturated carbocycles. The summed E-state index contributed by atoms with van der Waals surface area (Å²) in [6, 6.07) is -0.808. The molecule has 0 fully saturated rings. The zero-order valence-electron chi connectivity index (χ0n) is 30.8. The predicted molar refractivity (Wildman–Crippen MR) is 192 cm³/mol. The molecule has 0 radical (unpaired) electrons. The van der Waals surface area contributed by atoms with E-state index in [9.17, 15) is 19.4 Å². The zero-order chi connectivity index (χ0) is 34.4. The molecule has 0 aromatic heterocycles. The van der Waals surface area contributed by atoms with Crippen molar-refractivity contribution in [2.75, 3.05) is 40.9 Å². The molecule has 0 aromatic carbocycles. The maximum atomic E-state index is 12.7. The zero-order valence-corrected chi connectivity index (χ0v) is 31.7. The highest BCUT2D eigenvalue weighted by molar-refractivity contribution is 7.45. The summed E-state index contributed by atoms with van der Waals surface area (Å²) in [6.45, 7) is 4.64. The van der Waals surface area contributed by atoms with Crippen molar-refractivity contribution in [3.05, 3.63) is 12.2 Å². The molecule has 274 valence electrons. The maximum Gasteiger partial charge on any atom is 0.268 e. The lowest BCUT2D eigenvalue weighted by Crippen LogP contribution is -2.46. The lowest BCUT2D eigenvalue weighted by Gasteiger charge is -2.30. The molecule has 0 aliphatic heterocycles. The van der Waals surface area contributed by atoms with E-state index in [0.717, 1.165) is 32.1 Å².